The number of nitrogens with zero attached hydrogens (tertiary/aromatic N) is 1. The molecule has 0 radical (unpaired) electrons. The quantitative estimate of drug-likeness (QED) is 0.391. The van der Waals surface area contributed by atoms with Crippen LogP contribution in [0.1, 0.15) is 39.6 Å². The summed E-state index contributed by atoms with van der Waals surface area (Å²) in [4.78, 5) is 34.1. The number of hydrogen-bond donors (Lipinski definition) is 1. The Hall–Kier alpha value is -3.26. The lowest BCUT2D eigenvalue weighted by Crippen LogP contribution is -2.31. The summed E-state index contributed by atoms with van der Waals surface area (Å²) >= 11 is 0. The molecular formula is C21H21NO7. The number of nitro groups is 1. The first-order chi connectivity index (χ1) is 13.9. The minimum absolute atomic E-state index is 0.0143. The van der Waals surface area contributed by atoms with Gasteiger partial charge in [0, 0.05) is 16.1 Å². The van der Waals surface area contributed by atoms with Crippen molar-refractivity contribution in [3.63, 3.8) is 0 Å². The van der Waals surface area contributed by atoms with Gasteiger partial charge in [-0.1, -0.05) is 31.5 Å². The second kappa shape index (κ2) is 8.83. The number of benzene rings is 2. The van der Waals surface area contributed by atoms with E-state index in [0.29, 0.717) is 5.75 Å². The molecule has 0 heterocycles. The van der Waals surface area contributed by atoms with Crippen molar-refractivity contribution in [2.45, 2.75) is 31.9 Å². The fourth-order valence-corrected chi connectivity index (χ4v) is 3.18. The van der Waals surface area contributed by atoms with Crippen LogP contribution < -0.4 is 9.47 Å². The number of aryl methyl sites for hydroxylation is 1. The topological polar surface area (TPSA) is 116 Å². The van der Waals surface area contributed by atoms with Gasteiger partial charge in [-0.3, -0.25) is 19.7 Å². The second-order valence-corrected chi connectivity index (χ2v) is 6.76. The van der Waals surface area contributed by atoms with Gasteiger partial charge in [0.25, 0.3) is 0 Å². The first-order valence-electron chi connectivity index (χ1n) is 9.30. The van der Waals surface area contributed by atoms with Crippen LogP contribution in [0.4, 0.5) is 0 Å². The minimum Gasteiger partial charge on any atom is -0.491 e. The lowest BCUT2D eigenvalue weighted by atomic mass is 10.1. The van der Waals surface area contributed by atoms with Gasteiger partial charge in [-0.2, -0.15) is 0 Å². The highest BCUT2D eigenvalue weighted by Crippen LogP contribution is 2.28. The van der Waals surface area contributed by atoms with Crippen molar-refractivity contribution in [3.05, 3.63) is 69.3 Å². The van der Waals surface area contributed by atoms with E-state index in [0.717, 1.165) is 18.4 Å². The molecule has 3 rings (SSSR count). The third-order valence-corrected chi connectivity index (χ3v) is 4.60. The van der Waals surface area contributed by atoms with Crippen LogP contribution in [0.25, 0.3) is 0 Å². The summed E-state index contributed by atoms with van der Waals surface area (Å²) in [6.45, 7) is 1.99. The predicted octanol–water partition coefficient (Wildman–Crippen LogP) is 2.48. The summed E-state index contributed by atoms with van der Waals surface area (Å²) in [7, 11) is 0. The number of Topliss-reactive ketones (excluding diaryl/α,β-unsaturated/α-hetero) is 2. The SMILES string of the molecule is CCCc1ccccc1OCC(O)COc1ccc2c(c1)C(=O)C([N+](=O)[O-])C2=O. The van der Waals surface area contributed by atoms with Crippen molar-refractivity contribution in [2.24, 2.45) is 0 Å². The molecule has 1 aliphatic carbocycles. The van der Waals surface area contributed by atoms with Crippen LogP contribution in [0.2, 0.25) is 0 Å². The molecule has 0 bridgehead atoms. The highest BCUT2D eigenvalue weighted by atomic mass is 16.6. The molecule has 1 aliphatic rings. The molecule has 0 spiro atoms. The van der Waals surface area contributed by atoms with Gasteiger partial charge in [-0.25, -0.2) is 0 Å². The summed E-state index contributed by atoms with van der Waals surface area (Å²) in [5, 5.41) is 21.1. The number of fused-ring (bicyclic) bond motifs is 1. The number of aliphatic hydroxyl groups excluding tert-OH is 1. The third kappa shape index (κ3) is 4.43. The molecule has 0 aromatic heterocycles. The molecule has 8 heteroatoms. The molecule has 0 aliphatic heterocycles. The Morgan fingerprint density at radius 3 is 2.48 bits per heavy atom. The Labute approximate surface area is 167 Å². The molecule has 8 nitrogen and oxygen atoms in total. The average Bonchev–Trinajstić information content (AvgIpc) is 2.96. The van der Waals surface area contributed by atoms with Gasteiger partial charge in [0.05, 0.1) is 0 Å². The van der Waals surface area contributed by atoms with E-state index in [2.05, 4.69) is 6.92 Å². The number of rotatable bonds is 9. The van der Waals surface area contributed by atoms with Crippen LogP contribution in [-0.2, 0) is 6.42 Å². The largest absolute Gasteiger partial charge is 0.491 e. The molecule has 152 valence electrons. The van der Waals surface area contributed by atoms with Crippen LogP contribution in [0.5, 0.6) is 11.5 Å². The van der Waals surface area contributed by atoms with Crippen LogP contribution >= 0.6 is 0 Å². The Balaban J connectivity index is 1.58. The maximum Gasteiger partial charge on any atom is 0.336 e. The summed E-state index contributed by atoms with van der Waals surface area (Å²) in [5.74, 6) is -0.724. The Bertz CT molecular complexity index is 940. The number of carbonyl (C=O) groups excluding carboxylic acids is 2. The predicted molar refractivity (Wildman–Crippen MR) is 103 cm³/mol. The number of ketones is 2. The van der Waals surface area contributed by atoms with E-state index in [9.17, 15) is 24.8 Å². The normalized spacial score (nSPS) is 16.4. The van der Waals surface area contributed by atoms with Gasteiger partial charge >= 0.3 is 6.04 Å². The second-order valence-electron chi connectivity index (χ2n) is 6.76. The lowest BCUT2D eigenvalue weighted by Gasteiger charge is -2.15. The number of carbonyl (C=O) groups is 2. The van der Waals surface area contributed by atoms with Gasteiger partial charge in [0.1, 0.15) is 30.8 Å². The fraction of sp³-hybridized carbons (Fsp3) is 0.333. The van der Waals surface area contributed by atoms with E-state index in [1.54, 1.807) is 0 Å². The fourth-order valence-electron chi connectivity index (χ4n) is 3.18. The van der Waals surface area contributed by atoms with Gasteiger partial charge < -0.3 is 14.6 Å². The van der Waals surface area contributed by atoms with Crippen LogP contribution in [0, 0.1) is 10.1 Å². The molecule has 0 fully saturated rings. The molecule has 2 atom stereocenters. The molecule has 2 unspecified atom stereocenters. The number of para-hydroxylation sites is 1. The number of ether oxygens (including phenoxy) is 2. The van der Waals surface area contributed by atoms with Crippen molar-refractivity contribution < 1.29 is 29.1 Å². The summed E-state index contributed by atoms with van der Waals surface area (Å²) < 4.78 is 11.2. The monoisotopic (exact) mass is 399 g/mol. The summed E-state index contributed by atoms with van der Waals surface area (Å²) in [5.41, 5.74) is 1.04. The Kier molecular flexibility index (Phi) is 6.23. The van der Waals surface area contributed by atoms with Crippen molar-refractivity contribution in [1.29, 1.82) is 0 Å². The first-order valence-corrected chi connectivity index (χ1v) is 9.30. The zero-order chi connectivity index (χ0) is 21.0. The van der Waals surface area contributed by atoms with Crippen LogP contribution in [0.3, 0.4) is 0 Å². The van der Waals surface area contributed by atoms with Gasteiger partial charge in [0.15, 0.2) is 0 Å². The Morgan fingerprint density at radius 2 is 1.76 bits per heavy atom. The molecule has 0 saturated carbocycles. The van der Waals surface area contributed by atoms with Gasteiger partial charge in [0.2, 0.25) is 11.6 Å². The molecule has 0 saturated heterocycles. The smallest absolute Gasteiger partial charge is 0.336 e. The molecule has 0 amide bonds. The molecule has 1 N–H and O–H groups in total. The van der Waals surface area contributed by atoms with Crippen molar-refractivity contribution in [2.75, 3.05) is 13.2 Å². The zero-order valence-corrected chi connectivity index (χ0v) is 15.9. The van der Waals surface area contributed by atoms with Gasteiger partial charge in [-0.15, -0.1) is 0 Å². The Morgan fingerprint density at radius 1 is 1.07 bits per heavy atom. The minimum atomic E-state index is -1.89. The highest BCUT2D eigenvalue weighted by Gasteiger charge is 2.47. The first kappa shape index (κ1) is 20.5. The molecule has 2 aromatic carbocycles. The van der Waals surface area contributed by atoms with Crippen molar-refractivity contribution in [1.82, 2.24) is 0 Å². The van der Waals surface area contributed by atoms with E-state index in [4.69, 9.17) is 9.47 Å². The molecular weight excluding hydrogens is 378 g/mol. The third-order valence-electron chi connectivity index (χ3n) is 4.60. The highest BCUT2D eigenvalue weighted by molar-refractivity contribution is 6.28. The standard InChI is InChI=1S/C21H21NO7/c1-2-5-13-6-3-4-7-18(13)29-12-14(23)11-28-15-8-9-16-17(10-15)21(25)19(20(16)24)22(26)27/h3-4,6-10,14,19,23H,2,5,11-12H2,1H3. The molecule has 2 aromatic rings. The number of hydrogen-bond acceptors (Lipinski definition) is 7. The van der Waals surface area contributed by atoms with E-state index in [1.165, 1.54) is 18.2 Å². The van der Waals surface area contributed by atoms with E-state index >= 15 is 0 Å². The summed E-state index contributed by atoms with van der Waals surface area (Å²) in [6.07, 6.45) is 0.917. The van der Waals surface area contributed by atoms with Crippen LogP contribution in [0.15, 0.2) is 42.5 Å². The van der Waals surface area contributed by atoms with Crippen LogP contribution in [-0.4, -0.2) is 47.0 Å². The van der Waals surface area contributed by atoms with Crippen molar-refractivity contribution in [3.8, 4) is 11.5 Å². The summed E-state index contributed by atoms with van der Waals surface area (Å²) in [6, 6.07) is 9.79. The maximum atomic E-state index is 12.1. The number of aliphatic hydroxyl groups is 1. The zero-order valence-electron chi connectivity index (χ0n) is 15.9. The van der Waals surface area contributed by atoms with Crippen molar-refractivity contribution >= 4 is 11.6 Å². The molecule has 29 heavy (non-hydrogen) atoms. The van der Waals surface area contributed by atoms with E-state index in [1.807, 2.05) is 24.3 Å². The van der Waals surface area contributed by atoms with Gasteiger partial charge in [-0.05, 0) is 36.2 Å². The lowest BCUT2D eigenvalue weighted by molar-refractivity contribution is -0.488. The van der Waals surface area contributed by atoms with E-state index < -0.39 is 28.6 Å². The van der Waals surface area contributed by atoms with E-state index in [-0.39, 0.29) is 30.1 Å². The average molecular weight is 399 g/mol. The maximum absolute atomic E-state index is 12.1.